The summed E-state index contributed by atoms with van der Waals surface area (Å²) in [6.45, 7) is 6.25. The highest BCUT2D eigenvalue weighted by atomic mass is 16.5. The Balaban J connectivity index is 1.57. The van der Waals surface area contributed by atoms with Crippen molar-refractivity contribution < 1.29 is 9.84 Å². The van der Waals surface area contributed by atoms with Gasteiger partial charge in [0.15, 0.2) is 0 Å². The van der Waals surface area contributed by atoms with Gasteiger partial charge in [-0.2, -0.15) is 0 Å². The molecule has 1 heterocycles. The zero-order valence-corrected chi connectivity index (χ0v) is 13.2. The topological polar surface area (TPSA) is 59.3 Å². The van der Waals surface area contributed by atoms with E-state index in [2.05, 4.69) is 24.1 Å². The van der Waals surface area contributed by atoms with Crippen molar-refractivity contribution in [3.8, 4) is 0 Å². The van der Waals surface area contributed by atoms with E-state index in [0.29, 0.717) is 25.3 Å². The molecule has 0 aliphatic heterocycles. The fraction of sp³-hybridized carbons (Fsp3) is 0.812. The molecule has 2 rings (SSSR count). The molecular formula is C16H29N3O2. The number of hydrogen-bond acceptors (Lipinski definition) is 4. The second-order valence-electron chi connectivity index (χ2n) is 6.45. The molecule has 1 aliphatic carbocycles. The Morgan fingerprint density at radius 3 is 3.05 bits per heavy atom. The van der Waals surface area contributed by atoms with E-state index in [0.717, 1.165) is 25.3 Å². The van der Waals surface area contributed by atoms with Crippen molar-refractivity contribution >= 4 is 0 Å². The standard InChI is InChI=1S/C16H29N3O2/c1-13-4-3-5-16(8-13)21-11-15(20)9-18-14(2)10-19-7-6-17-12-19/h6-7,12-16,18,20H,3-5,8-11H2,1-2H3. The molecule has 2 N–H and O–H groups in total. The van der Waals surface area contributed by atoms with Crippen LogP contribution >= 0.6 is 0 Å². The van der Waals surface area contributed by atoms with Gasteiger partial charge >= 0.3 is 0 Å². The van der Waals surface area contributed by atoms with Crippen LogP contribution in [-0.4, -0.2) is 46.1 Å². The highest BCUT2D eigenvalue weighted by Gasteiger charge is 2.20. The molecule has 1 aromatic rings. The van der Waals surface area contributed by atoms with Gasteiger partial charge in [-0.3, -0.25) is 0 Å². The van der Waals surface area contributed by atoms with Crippen LogP contribution in [0.15, 0.2) is 18.7 Å². The van der Waals surface area contributed by atoms with Gasteiger partial charge in [-0.25, -0.2) is 4.98 Å². The van der Waals surface area contributed by atoms with E-state index < -0.39 is 6.10 Å². The van der Waals surface area contributed by atoms with Crippen LogP contribution in [0.4, 0.5) is 0 Å². The lowest BCUT2D eigenvalue weighted by Gasteiger charge is -2.28. The molecule has 0 radical (unpaired) electrons. The zero-order chi connectivity index (χ0) is 15.1. The summed E-state index contributed by atoms with van der Waals surface area (Å²) < 4.78 is 7.88. The van der Waals surface area contributed by atoms with Gasteiger partial charge in [0.1, 0.15) is 0 Å². The quantitative estimate of drug-likeness (QED) is 0.768. The van der Waals surface area contributed by atoms with Gasteiger partial charge in [0.2, 0.25) is 0 Å². The summed E-state index contributed by atoms with van der Waals surface area (Å²) >= 11 is 0. The first-order valence-electron chi connectivity index (χ1n) is 8.12. The van der Waals surface area contributed by atoms with Crippen molar-refractivity contribution in [3.05, 3.63) is 18.7 Å². The molecule has 1 aliphatic rings. The minimum atomic E-state index is -0.438. The highest BCUT2D eigenvalue weighted by molar-refractivity contribution is 4.77. The number of nitrogens with zero attached hydrogens (tertiary/aromatic N) is 2. The number of ether oxygens (including phenoxy) is 1. The molecule has 0 spiro atoms. The second kappa shape index (κ2) is 8.51. The Kier molecular flexibility index (Phi) is 6.67. The van der Waals surface area contributed by atoms with Crippen molar-refractivity contribution in [3.63, 3.8) is 0 Å². The van der Waals surface area contributed by atoms with Crippen molar-refractivity contribution in [1.29, 1.82) is 0 Å². The molecule has 1 aromatic heterocycles. The van der Waals surface area contributed by atoms with E-state index in [1.165, 1.54) is 12.8 Å². The third-order valence-electron chi connectivity index (χ3n) is 4.16. The summed E-state index contributed by atoms with van der Waals surface area (Å²) in [5.74, 6) is 0.759. The van der Waals surface area contributed by atoms with Crippen LogP contribution in [0.5, 0.6) is 0 Å². The van der Waals surface area contributed by atoms with Gasteiger partial charge in [0.25, 0.3) is 0 Å². The lowest BCUT2D eigenvalue weighted by atomic mass is 9.89. The van der Waals surface area contributed by atoms with Crippen molar-refractivity contribution in [2.45, 2.75) is 64.3 Å². The molecule has 120 valence electrons. The first-order valence-corrected chi connectivity index (χ1v) is 8.12. The Morgan fingerprint density at radius 1 is 1.48 bits per heavy atom. The van der Waals surface area contributed by atoms with Crippen LogP contribution in [-0.2, 0) is 11.3 Å². The van der Waals surface area contributed by atoms with Gasteiger partial charge < -0.3 is 19.7 Å². The van der Waals surface area contributed by atoms with Crippen LogP contribution in [0.1, 0.15) is 39.5 Å². The monoisotopic (exact) mass is 295 g/mol. The Morgan fingerprint density at radius 2 is 2.33 bits per heavy atom. The van der Waals surface area contributed by atoms with Crippen LogP contribution < -0.4 is 5.32 Å². The molecule has 0 aromatic carbocycles. The van der Waals surface area contributed by atoms with Crippen LogP contribution in [0.3, 0.4) is 0 Å². The molecule has 1 fully saturated rings. The molecule has 1 saturated carbocycles. The van der Waals surface area contributed by atoms with Crippen molar-refractivity contribution in [2.24, 2.45) is 5.92 Å². The Labute approximate surface area is 127 Å². The summed E-state index contributed by atoms with van der Waals surface area (Å²) in [4.78, 5) is 4.02. The number of aliphatic hydroxyl groups is 1. The molecule has 0 amide bonds. The largest absolute Gasteiger partial charge is 0.389 e. The number of nitrogens with one attached hydrogen (secondary N) is 1. The average molecular weight is 295 g/mol. The maximum absolute atomic E-state index is 10.0. The predicted octanol–water partition coefficient (Wildman–Crippen LogP) is 1.82. The Hall–Kier alpha value is -0.910. The SMILES string of the molecule is CC1CCCC(OCC(O)CNC(C)Cn2ccnc2)C1. The zero-order valence-electron chi connectivity index (χ0n) is 13.2. The number of hydrogen-bond donors (Lipinski definition) is 2. The maximum Gasteiger partial charge on any atom is 0.0946 e. The molecular weight excluding hydrogens is 266 g/mol. The van der Waals surface area contributed by atoms with Crippen molar-refractivity contribution in [2.75, 3.05) is 13.2 Å². The molecule has 5 heteroatoms. The number of aromatic nitrogens is 2. The summed E-state index contributed by atoms with van der Waals surface area (Å²) in [6.07, 6.45) is 10.3. The lowest BCUT2D eigenvalue weighted by molar-refractivity contribution is -0.0311. The molecule has 0 saturated heterocycles. The molecule has 21 heavy (non-hydrogen) atoms. The smallest absolute Gasteiger partial charge is 0.0946 e. The molecule has 0 bridgehead atoms. The number of rotatable bonds is 8. The fourth-order valence-corrected chi connectivity index (χ4v) is 2.95. The third kappa shape index (κ3) is 6.16. The fourth-order valence-electron chi connectivity index (χ4n) is 2.95. The predicted molar refractivity (Wildman–Crippen MR) is 83.1 cm³/mol. The van der Waals surface area contributed by atoms with Crippen LogP contribution in [0.25, 0.3) is 0 Å². The third-order valence-corrected chi connectivity index (χ3v) is 4.16. The van der Waals surface area contributed by atoms with Gasteiger partial charge in [-0.05, 0) is 25.7 Å². The van der Waals surface area contributed by atoms with E-state index in [-0.39, 0.29) is 0 Å². The summed E-state index contributed by atoms with van der Waals surface area (Å²) in [5.41, 5.74) is 0. The van der Waals surface area contributed by atoms with Crippen LogP contribution in [0.2, 0.25) is 0 Å². The minimum Gasteiger partial charge on any atom is -0.389 e. The average Bonchev–Trinajstić information content (AvgIpc) is 2.96. The lowest BCUT2D eigenvalue weighted by Crippen LogP contribution is -2.38. The van der Waals surface area contributed by atoms with E-state index >= 15 is 0 Å². The maximum atomic E-state index is 10.0. The summed E-state index contributed by atoms with van der Waals surface area (Å²) in [7, 11) is 0. The minimum absolute atomic E-state index is 0.295. The van der Waals surface area contributed by atoms with Gasteiger partial charge in [0.05, 0.1) is 25.1 Å². The van der Waals surface area contributed by atoms with Gasteiger partial charge in [-0.15, -0.1) is 0 Å². The molecule has 5 nitrogen and oxygen atoms in total. The van der Waals surface area contributed by atoms with E-state index in [9.17, 15) is 5.11 Å². The first-order chi connectivity index (χ1) is 10.1. The van der Waals surface area contributed by atoms with E-state index in [1.54, 1.807) is 6.20 Å². The summed E-state index contributed by atoms with van der Waals surface area (Å²) in [6, 6.07) is 0.295. The van der Waals surface area contributed by atoms with Gasteiger partial charge in [0, 0.05) is 31.5 Å². The highest BCUT2D eigenvalue weighted by Crippen LogP contribution is 2.25. The Bertz CT molecular complexity index is 383. The molecule has 4 atom stereocenters. The number of imidazole rings is 1. The molecule has 4 unspecified atom stereocenters. The van der Waals surface area contributed by atoms with E-state index in [1.807, 2.05) is 17.1 Å². The van der Waals surface area contributed by atoms with Gasteiger partial charge in [-0.1, -0.05) is 19.8 Å². The van der Waals surface area contributed by atoms with Crippen molar-refractivity contribution in [1.82, 2.24) is 14.9 Å². The number of aliphatic hydroxyl groups excluding tert-OH is 1. The second-order valence-corrected chi connectivity index (χ2v) is 6.45. The summed E-state index contributed by atoms with van der Waals surface area (Å²) in [5, 5.41) is 13.4. The normalized spacial score (nSPS) is 25.7. The van der Waals surface area contributed by atoms with Crippen LogP contribution in [0, 0.1) is 5.92 Å². The first kappa shape index (κ1) is 16.5. The van der Waals surface area contributed by atoms with E-state index in [4.69, 9.17) is 4.74 Å².